The zero-order valence-electron chi connectivity index (χ0n) is 8.93. The third-order valence-electron chi connectivity index (χ3n) is 2.46. The summed E-state index contributed by atoms with van der Waals surface area (Å²) in [4.78, 5) is 12.1. The summed E-state index contributed by atoms with van der Waals surface area (Å²) < 4.78 is 2.70. The standard InChI is InChI=1S/C9H13N5OS/c1-6(7-5-9(15)12-16-7)3-2-4-8-10-13-14-11-8/h5-6H,2-4H2,1H3,(H,12,15)(H,10,11,13,14). The van der Waals surface area contributed by atoms with Crippen molar-refractivity contribution in [1.29, 1.82) is 0 Å². The van der Waals surface area contributed by atoms with Crippen LogP contribution in [0.5, 0.6) is 0 Å². The Morgan fingerprint density at radius 3 is 3.06 bits per heavy atom. The SMILES string of the molecule is CC(CCCc1nn[nH]n1)c1cc(=O)[nH]s1. The minimum absolute atomic E-state index is 0.00924. The minimum Gasteiger partial charge on any atom is -0.278 e. The first kappa shape index (κ1) is 11.0. The van der Waals surface area contributed by atoms with E-state index in [0.29, 0.717) is 5.92 Å². The lowest BCUT2D eigenvalue weighted by Gasteiger charge is -2.06. The summed E-state index contributed by atoms with van der Waals surface area (Å²) in [5.74, 6) is 1.14. The monoisotopic (exact) mass is 239 g/mol. The van der Waals surface area contributed by atoms with Gasteiger partial charge in [-0.25, -0.2) is 0 Å². The first-order valence-corrected chi connectivity index (χ1v) is 5.98. The van der Waals surface area contributed by atoms with Gasteiger partial charge in [0.2, 0.25) is 0 Å². The molecule has 0 aliphatic carbocycles. The van der Waals surface area contributed by atoms with Crippen molar-refractivity contribution in [2.24, 2.45) is 0 Å². The normalized spacial score (nSPS) is 12.8. The molecule has 0 saturated carbocycles. The number of aryl methyl sites for hydroxylation is 1. The Hall–Kier alpha value is -1.50. The van der Waals surface area contributed by atoms with Gasteiger partial charge in [0.15, 0.2) is 5.82 Å². The van der Waals surface area contributed by atoms with Crippen molar-refractivity contribution in [2.75, 3.05) is 0 Å². The molecule has 7 heteroatoms. The van der Waals surface area contributed by atoms with E-state index in [1.165, 1.54) is 11.5 Å². The van der Waals surface area contributed by atoms with Gasteiger partial charge in [0, 0.05) is 17.4 Å². The molecule has 1 atom stereocenters. The topological polar surface area (TPSA) is 87.3 Å². The molecule has 2 rings (SSSR count). The van der Waals surface area contributed by atoms with E-state index in [2.05, 4.69) is 31.9 Å². The van der Waals surface area contributed by atoms with Crippen LogP contribution in [0.2, 0.25) is 0 Å². The van der Waals surface area contributed by atoms with E-state index in [1.54, 1.807) is 6.07 Å². The van der Waals surface area contributed by atoms with E-state index in [1.807, 2.05) is 0 Å². The van der Waals surface area contributed by atoms with Gasteiger partial charge >= 0.3 is 0 Å². The van der Waals surface area contributed by atoms with E-state index in [4.69, 9.17) is 0 Å². The second-order valence-corrected chi connectivity index (χ2v) is 4.62. The van der Waals surface area contributed by atoms with Gasteiger partial charge in [-0.2, -0.15) is 5.21 Å². The first-order valence-electron chi connectivity index (χ1n) is 5.16. The molecule has 86 valence electrons. The maximum Gasteiger partial charge on any atom is 0.258 e. The predicted molar refractivity (Wildman–Crippen MR) is 60.5 cm³/mol. The van der Waals surface area contributed by atoms with Crippen LogP contribution in [0.1, 0.15) is 36.4 Å². The lowest BCUT2D eigenvalue weighted by Crippen LogP contribution is -1.96. The molecule has 0 aliphatic rings. The maximum absolute atomic E-state index is 11.0. The van der Waals surface area contributed by atoms with Crippen molar-refractivity contribution in [3.05, 3.63) is 27.1 Å². The fraction of sp³-hybridized carbons (Fsp3) is 0.556. The number of hydrogen-bond donors (Lipinski definition) is 2. The van der Waals surface area contributed by atoms with Crippen LogP contribution in [0.25, 0.3) is 0 Å². The zero-order valence-corrected chi connectivity index (χ0v) is 9.75. The van der Waals surface area contributed by atoms with Gasteiger partial charge in [0.05, 0.1) is 0 Å². The summed E-state index contributed by atoms with van der Waals surface area (Å²) in [7, 11) is 0. The molecule has 0 fully saturated rings. The molecule has 2 aromatic rings. The van der Waals surface area contributed by atoms with Crippen LogP contribution in [-0.2, 0) is 6.42 Å². The number of nitrogens with zero attached hydrogens (tertiary/aromatic N) is 3. The Balaban J connectivity index is 1.80. The highest BCUT2D eigenvalue weighted by molar-refractivity contribution is 7.05. The summed E-state index contributed by atoms with van der Waals surface area (Å²) in [6.07, 6.45) is 2.83. The van der Waals surface area contributed by atoms with Gasteiger partial charge in [-0.3, -0.25) is 9.17 Å². The quantitative estimate of drug-likeness (QED) is 0.817. The van der Waals surface area contributed by atoms with E-state index in [0.717, 1.165) is 30.0 Å². The van der Waals surface area contributed by atoms with E-state index in [9.17, 15) is 4.79 Å². The Morgan fingerprint density at radius 1 is 1.56 bits per heavy atom. The van der Waals surface area contributed by atoms with E-state index in [-0.39, 0.29) is 5.56 Å². The van der Waals surface area contributed by atoms with E-state index >= 15 is 0 Å². The first-order chi connectivity index (χ1) is 7.75. The fourth-order valence-corrected chi connectivity index (χ4v) is 2.30. The molecule has 2 heterocycles. The number of H-pyrrole nitrogens is 2. The Labute approximate surface area is 96.2 Å². The molecule has 16 heavy (non-hydrogen) atoms. The molecule has 0 bridgehead atoms. The number of nitrogens with one attached hydrogen (secondary N) is 2. The summed E-state index contributed by atoms with van der Waals surface area (Å²) in [6.45, 7) is 2.12. The molecular formula is C9H13N5OS. The summed E-state index contributed by atoms with van der Waals surface area (Å²) >= 11 is 1.42. The maximum atomic E-state index is 11.0. The molecule has 0 aromatic carbocycles. The molecule has 0 spiro atoms. The molecule has 2 N–H and O–H groups in total. The zero-order chi connectivity index (χ0) is 11.4. The molecule has 0 aliphatic heterocycles. The third kappa shape index (κ3) is 2.75. The lowest BCUT2D eigenvalue weighted by atomic mass is 10.0. The Morgan fingerprint density at radius 2 is 2.44 bits per heavy atom. The number of tetrazole rings is 1. The lowest BCUT2D eigenvalue weighted by molar-refractivity contribution is 0.629. The number of rotatable bonds is 5. The molecule has 6 nitrogen and oxygen atoms in total. The highest BCUT2D eigenvalue weighted by Crippen LogP contribution is 2.22. The number of aromatic nitrogens is 5. The Bertz CT molecular complexity index is 474. The summed E-state index contributed by atoms with van der Waals surface area (Å²) in [5, 5.41) is 13.7. The van der Waals surface area contributed by atoms with Gasteiger partial charge in [0.25, 0.3) is 5.56 Å². The second kappa shape index (κ2) is 5.02. The van der Waals surface area contributed by atoms with Gasteiger partial charge in [0.1, 0.15) is 0 Å². The van der Waals surface area contributed by atoms with Crippen molar-refractivity contribution in [2.45, 2.75) is 32.1 Å². The van der Waals surface area contributed by atoms with Gasteiger partial charge in [-0.05, 0) is 18.8 Å². The van der Waals surface area contributed by atoms with Crippen molar-refractivity contribution in [1.82, 2.24) is 25.0 Å². The van der Waals surface area contributed by atoms with Crippen LogP contribution in [0.4, 0.5) is 0 Å². The van der Waals surface area contributed by atoms with Gasteiger partial charge < -0.3 is 0 Å². The van der Waals surface area contributed by atoms with Gasteiger partial charge in [-0.15, -0.1) is 10.2 Å². The van der Waals surface area contributed by atoms with Crippen LogP contribution in [0.15, 0.2) is 10.9 Å². The summed E-state index contributed by atoms with van der Waals surface area (Å²) in [6, 6.07) is 1.67. The highest BCUT2D eigenvalue weighted by atomic mass is 32.1. The van der Waals surface area contributed by atoms with Crippen molar-refractivity contribution < 1.29 is 0 Å². The smallest absolute Gasteiger partial charge is 0.258 e. The molecule has 2 aromatic heterocycles. The van der Waals surface area contributed by atoms with Crippen LogP contribution >= 0.6 is 11.5 Å². The molecule has 0 radical (unpaired) electrons. The van der Waals surface area contributed by atoms with Crippen LogP contribution < -0.4 is 5.56 Å². The Kier molecular flexibility index (Phi) is 3.45. The predicted octanol–water partition coefficient (Wildman–Crippen LogP) is 1.08. The number of aromatic amines is 2. The highest BCUT2D eigenvalue weighted by Gasteiger charge is 2.09. The second-order valence-electron chi connectivity index (χ2n) is 3.74. The van der Waals surface area contributed by atoms with Crippen LogP contribution in [0, 0.1) is 0 Å². The third-order valence-corrected chi connectivity index (χ3v) is 3.51. The largest absolute Gasteiger partial charge is 0.278 e. The van der Waals surface area contributed by atoms with Crippen molar-refractivity contribution in [3.63, 3.8) is 0 Å². The van der Waals surface area contributed by atoms with Crippen LogP contribution in [-0.4, -0.2) is 25.0 Å². The van der Waals surface area contributed by atoms with Crippen molar-refractivity contribution >= 4 is 11.5 Å². The molecule has 0 amide bonds. The van der Waals surface area contributed by atoms with Crippen LogP contribution in [0.3, 0.4) is 0 Å². The fourth-order valence-electron chi connectivity index (χ4n) is 1.54. The average molecular weight is 239 g/mol. The van der Waals surface area contributed by atoms with Gasteiger partial charge in [-0.1, -0.05) is 23.7 Å². The molecule has 0 saturated heterocycles. The average Bonchev–Trinajstić information content (AvgIpc) is 2.89. The molecule has 1 unspecified atom stereocenters. The van der Waals surface area contributed by atoms with E-state index < -0.39 is 0 Å². The number of hydrogen-bond acceptors (Lipinski definition) is 5. The van der Waals surface area contributed by atoms with Crippen molar-refractivity contribution in [3.8, 4) is 0 Å². The minimum atomic E-state index is -0.00924. The summed E-state index contributed by atoms with van der Waals surface area (Å²) in [5.41, 5.74) is -0.00924. The molecular weight excluding hydrogens is 226 g/mol.